The highest BCUT2D eigenvalue weighted by Gasteiger charge is 1.97. The quantitative estimate of drug-likeness (QED) is 0.829. The molecule has 2 rings (SSSR count). The maximum Gasteiger partial charge on any atom is 0.166 e. The molecule has 0 saturated carbocycles. The summed E-state index contributed by atoms with van der Waals surface area (Å²) in [6.07, 6.45) is 0. The Balaban J connectivity index is 1.71. The van der Waals surface area contributed by atoms with Crippen molar-refractivity contribution in [3.05, 3.63) is 58.3 Å². The van der Waals surface area contributed by atoms with Gasteiger partial charge in [0.15, 0.2) is 5.11 Å². The number of benzene rings is 1. The first-order valence-electron chi connectivity index (χ1n) is 5.42. The van der Waals surface area contributed by atoms with Gasteiger partial charge in [-0.2, -0.15) is 0 Å². The third-order valence-electron chi connectivity index (χ3n) is 2.30. The van der Waals surface area contributed by atoms with Crippen molar-refractivity contribution in [2.24, 2.45) is 0 Å². The van der Waals surface area contributed by atoms with Gasteiger partial charge in [-0.1, -0.05) is 36.4 Å². The van der Waals surface area contributed by atoms with Gasteiger partial charge in [0.25, 0.3) is 0 Å². The first-order valence-corrected chi connectivity index (χ1v) is 6.71. The molecule has 2 aromatic rings. The Morgan fingerprint density at radius 2 is 1.76 bits per heavy atom. The number of thiophene rings is 1. The van der Waals surface area contributed by atoms with E-state index < -0.39 is 0 Å². The van der Waals surface area contributed by atoms with Crippen molar-refractivity contribution in [1.82, 2.24) is 10.6 Å². The number of hydrogen-bond acceptors (Lipinski definition) is 2. The number of hydrogen-bond donors (Lipinski definition) is 2. The van der Waals surface area contributed by atoms with Crippen LogP contribution < -0.4 is 10.6 Å². The fraction of sp³-hybridized carbons (Fsp3) is 0.154. The van der Waals surface area contributed by atoms with Crippen LogP contribution in [0.5, 0.6) is 0 Å². The van der Waals surface area contributed by atoms with Crippen molar-refractivity contribution < 1.29 is 0 Å². The molecule has 1 aromatic carbocycles. The molecule has 0 spiro atoms. The molecule has 4 heteroatoms. The topological polar surface area (TPSA) is 24.1 Å². The second kappa shape index (κ2) is 6.37. The van der Waals surface area contributed by atoms with Crippen LogP contribution in [0.2, 0.25) is 0 Å². The second-order valence-electron chi connectivity index (χ2n) is 3.60. The van der Waals surface area contributed by atoms with Crippen molar-refractivity contribution in [2.75, 3.05) is 0 Å². The largest absolute Gasteiger partial charge is 0.359 e. The van der Waals surface area contributed by atoms with Gasteiger partial charge < -0.3 is 10.6 Å². The minimum Gasteiger partial charge on any atom is -0.359 e. The van der Waals surface area contributed by atoms with E-state index in [1.54, 1.807) is 11.3 Å². The minimum atomic E-state index is 0.697. The summed E-state index contributed by atoms with van der Waals surface area (Å²) < 4.78 is 0. The van der Waals surface area contributed by atoms with Crippen molar-refractivity contribution in [2.45, 2.75) is 13.1 Å². The molecule has 0 bridgehead atoms. The zero-order valence-electron chi connectivity index (χ0n) is 9.35. The van der Waals surface area contributed by atoms with Crippen LogP contribution in [0.15, 0.2) is 47.8 Å². The molecule has 1 aromatic heterocycles. The van der Waals surface area contributed by atoms with Crippen molar-refractivity contribution >= 4 is 28.7 Å². The van der Waals surface area contributed by atoms with E-state index in [4.69, 9.17) is 12.2 Å². The highest BCUT2D eigenvalue weighted by atomic mass is 32.1. The highest BCUT2D eigenvalue weighted by Crippen LogP contribution is 2.07. The lowest BCUT2D eigenvalue weighted by atomic mass is 10.2. The van der Waals surface area contributed by atoms with E-state index in [0.717, 1.165) is 13.1 Å². The molecule has 0 aliphatic rings. The second-order valence-corrected chi connectivity index (χ2v) is 5.04. The van der Waals surface area contributed by atoms with Crippen LogP contribution in [0.3, 0.4) is 0 Å². The van der Waals surface area contributed by atoms with E-state index in [2.05, 4.69) is 34.2 Å². The van der Waals surface area contributed by atoms with Crippen molar-refractivity contribution in [3.63, 3.8) is 0 Å². The van der Waals surface area contributed by atoms with Crippen molar-refractivity contribution in [3.8, 4) is 0 Å². The molecule has 0 aliphatic carbocycles. The number of thiocarbonyl (C=S) groups is 1. The molecular formula is C13H14N2S2. The molecule has 0 radical (unpaired) electrons. The Kier molecular flexibility index (Phi) is 4.53. The summed E-state index contributed by atoms with van der Waals surface area (Å²) in [6, 6.07) is 14.4. The number of nitrogens with one attached hydrogen (secondary N) is 2. The Bertz CT molecular complexity index is 452. The van der Waals surface area contributed by atoms with Gasteiger partial charge in [-0.25, -0.2) is 0 Å². The third-order valence-corrected chi connectivity index (χ3v) is 3.46. The lowest BCUT2D eigenvalue weighted by molar-refractivity contribution is 0.840. The van der Waals surface area contributed by atoms with Crippen LogP contribution in [-0.2, 0) is 13.1 Å². The molecule has 88 valence electrons. The first kappa shape index (κ1) is 12.1. The van der Waals surface area contributed by atoms with Gasteiger partial charge >= 0.3 is 0 Å². The molecule has 0 saturated heterocycles. The van der Waals surface area contributed by atoms with Crippen LogP contribution in [0.1, 0.15) is 10.4 Å². The number of rotatable bonds is 4. The van der Waals surface area contributed by atoms with Gasteiger partial charge in [0.05, 0.1) is 6.54 Å². The average molecular weight is 262 g/mol. The van der Waals surface area contributed by atoms with E-state index in [0.29, 0.717) is 5.11 Å². The SMILES string of the molecule is S=C(NCc1ccccc1)NCc1cccs1. The van der Waals surface area contributed by atoms with E-state index in [1.165, 1.54) is 10.4 Å². The predicted octanol–water partition coefficient (Wildman–Crippen LogP) is 2.91. The summed E-state index contributed by atoms with van der Waals surface area (Å²) in [6.45, 7) is 1.55. The first-order chi connectivity index (χ1) is 8.34. The Morgan fingerprint density at radius 1 is 1.00 bits per heavy atom. The molecule has 0 atom stereocenters. The fourth-order valence-electron chi connectivity index (χ4n) is 1.42. The van der Waals surface area contributed by atoms with E-state index in [-0.39, 0.29) is 0 Å². The summed E-state index contributed by atoms with van der Waals surface area (Å²) in [5, 5.41) is 9.14. The third kappa shape index (κ3) is 4.17. The van der Waals surface area contributed by atoms with Crippen LogP contribution >= 0.6 is 23.6 Å². The van der Waals surface area contributed by atoms with E-state index in [9.17, 15) is 0 Å². The summed E-state index contributed by atoms with van der Waals surface area (Å²) in [7, 11) is 0. The van der Waals surface area contributed by atoms with Gasteiger partial charge in [-0.05, 0) is 29.2 Å². The zero-order valence-corrected chi connectivity index (χ0v) is 11.0. The van der Waals surface area contributed by atoms with Crippen LogP contribution in [-0.4, -0.2) is 5.11 Å². The Labute approximate surface area is 111 Å². The summed E-state index contributed by atoms with van der Waals surface area (Å²) >= 11 is 6.94. The van der Waals surface area contributed by atoms with Crippen LogP contribution in [0, 0.1) is 0 Å². The van der Waals surface area contributed by atoms with Gasteiger partial charge in [0.2, 0.25) is 0 Å². The van der Waals surface area contributed by atoms with Crippen LogP contribution in [0.25, 0.3) is 0 Å². The van der Waals surface area contributed by atoms with Gasteiger partial charge in [-0.3, -0.25) is 0 Å². The minimum absolute atomic E-state index is 0.697. The monoisotopic (exact) mass is 262 g/mol. The van der Waals surface area contributed by atoms with E-state index >= 15 is 0 Å². The van der Waals surface area contributed by atoms with Crippen molar-refractivity contribution in [1.29, 1.82) is 0 Å². The van der Waals surface area contributed by atoms with Gasteiger partial charge in [0, 0.05) is 11.4 Å². The molecule has 0 amide bonds. The highest BCUT2D eigenvalue weighted by molar-refractivity contribution is 7.80. The molecule has 0 unspecified atom stereocenters. The summed E-state index contributed by atoms with van der Waals surface area (Å²) in [5.74, 6) is 0. The molecule has 17 heavy (non-hydrogen) atoms. The fourth-order valence-corrected chi connectivity index (χ4v) is 2.21. The Hall–Kier alpha value is -1.39. The normalized spacial score (nSPS) is 9.88. The predicted molar refractivity (Wildman–Crippen MR) is 77.0 cm³/mol. The standard InChI is InChI=1S/C13H14N2S2/c16-13(15-10-12-7-4-8-17-12)14-9-11-5-2-1-3-6-11/h1-8H,9-10H2,(H2,14,15,16). The zero-order chi connectivity index (χ0) is 11.9. The maximum atomic E-state index is 5.21. The van der Waals surface area contributed by atoms with Gasteiger partial charge in [-0.15, -0.1) is 11.3 Å². The lowest BCUT2D eigenvalue weighted by Gasteiger charge is -2.09. The molecule has 1 heterocycles. The molecule has 2 nitrogen and oxygen atoms in total. The van der Waals surface area contributed by atoms with E-state index in [1.807, 2.05) is 24.3 Å². The molecule has 0 aliphatic heterocycles. The maximum absolute atomic E-state index is 5.21. The average Bonchev–Trinajstić information content (AvgIpc) is 2.88. The summed E-state index contributed by atoms with van der Waals surface area (Å²) in [4.78, 5) is 1.29. The lowest BCUT2D eigenvalue weighted by Crippen LogP contribution is -2.34. The smallest absolute Gasteiger partial charge is 0.166 e. The van der Waals surface area contributed by atoms with Gasteiger partial charge in [0.1, 0.15) is 0 Å². The molecular weight excluding hydrogens is 248 g/mol. The molecule has 2 N–H and O–H groups in total. The summed E-state index contributed by atoms with van der Waals surface area (Å²) in [5.41, 5.74) is 1.23. The van der Waals surface area contributed by atoms with Crippen LogP contribution in [0.4, 0.5) is 0 Å². The molecule has 0 fully saturated rings. The Morgan fingerprint density at radius 3 is 2.47 bits per heavy atom.